The van der Waals surface area contributed by atoms with Crippen LogP contribution in [0.4, 0.5) is 4.39 Å². The van der Waals surface area contributed by atoms with Gasteiger partial charge in [0.05, 0.1) is 12.2 Å². The molecule has 0 amide bonds. The van der Waals surface area contributed by atoms with E-state index in [1.165, 1.54) is 0 Å². The van der Waals surface area contributed by atoms with Crippen LogP contribution in [0.5, 0.6) is 0 Å². The molecule has 0 aliphatic carbocycles. The van der Waals surface area contributed by atoms with Crippen molar-refractivity contribution >= 4 is 15.9 Å². The highest BCUT2D eigenvalue weighted by Crippen LogP contribution is 2.12. The van der Waals surface area contributed by atoms with E-state index in [2.05, 4.69) is 14.9 Å². The number of sulfonamides is 1. The van der Waals surface area contributed by atoms with Crippen molar-refractivity contribution < 1.29 is 18.0 Å². The Morgan fingerprint density at radius 1 is 1.53 bits per heavy atom. The molecule has 0 radical (unpaired) electrons. The summed E-state index contributed by atoms with van der Waals surface area (Å²) in [6, 6.07) is -0.0720. The van der Waals surface area contributed by atoms with Crippen molar-refractivity contribution in [3.8, 4) is 0 Å². The van der Waals surface area contributed by atoms with Gasteiger partial charge < -0.3 is 10.9 Å². The molecule has 0 aliphatic rings. The van der Waals surface area contributed by atoms with Crippen LogP contribution in [0.2, 0.25) is 0 Å². The average molecular weight is 290 g/mol. The molecule has 19 heavy (non-hydrogen) atoms. The Kier molecular flexibility index (Phi) is 4.78. The van der Waals surface area contributed by atoms with E-state index < -0.39 is 21.9 Å². The van der Waals surface area contributed by atoms with Crippen LogP contribution in [0, 0.1) is 11.7 Å². The molecular formula is C10H15FN4O3S. The van der Waals surface area contributed by atoms with Crippen molar-refractivity contribution in [2.45, 2.75) is 24.8 Å². The molecule has 1 aromatic rings. The molecule has 1 heterocycles. The van der Waals surface area contributed by atoms with Crippen LogP contribution in [0.3, 0.4) is 0 Å². The van der Waals surface area contributed by atoms with E-state index in [0.717, 1.165) is 18.5 Å². The third kappa shape index (κ3) is 3.86. The smallest absolute Gasteiger partial charge is 0.242 e. The van der Waals surface area contributed by atoms with Crippen LogP contribution in [-0.2, 0) is 10.0 Å². The van der Waals surface area contributed by atoms with Crippen LogP contribution in [-0.4, -0.2) is 30.5 Å². The maximum Gasteiger partial charge on any atom is 0.242 e. The van der Waals surface area contributed by atoms with Gasteiger partial charge in [-0.05, 0) is 12.0 Å². The molecule has 1 atom stereocenters. The van der Waals surface area contributed by atoms with Gasteiger partial charge in [0.15, 0.2) is 5.84 Å². The van der Waals surface area contributed by atoms with Gasteiger partial charge in [-0.1, -0.05) is 19.0 Å². The number of aromatic nitrogens is 1. The predicted molar refractivity (Wildman–Crippen MR) is 66.6 cm³/mol. The molecule has 0 saturated heterocycles. The van der Waals surface area contributed by atoms with Crippen molar-refractivity contribution in [3.63, 3.8) is 0 Å². The number of hydrogen-bond donors (Lipinski definition) is 3. The SMILES string of the molecule is CC(C)C(NS(=O)(=O)c1cncc(F)c1)C(N)=NO. The largest absolute Gasteiger partial charge is 0.409 e. The number of halogens is 1. The zero-order valence-electron chi connectivity index (χ0n) is 10.4. The summed E-state index contributed by atoms with van der Waals surface area (Å²) in [5, 5.41) is 11.4. The van der Waals surface area contributed by atoms with E-state index in [-0.39, 0.29) is 16.6 Å². The van der Waals surface area contributed by atoms with Crippen LogP contribution in [0.1, 0.15) is 13.8 Å². The Morgan fingerprint density at radius 2 is 2.16 bits per heavy atom. The average Bonchev–Trinajstić information content (AvgIpc) is 2.35. The van der Waals surface area contributed by atoms with Crippen LogP contribution in [0.25, 0.3) is 0 Å². The Labute approximate surface area is 110 Å². The van der Waals surface area contributed by atoms with Crippen LogP contribution in [0.15, 0.2) is 28.5 Å². The standard InChI is InChI=1S/C10H15FN4O3S/c1-6(2)9(10(12)14-16)15-19(17,18)8-3-7(11)4-13-5-8/h3-6,9,15-16H,1-2H3,(H2,12,14). The van der Waals surface area contributed by atoms with Crippen molar-refractivity contribution in [2.24, 2.45) is 16.8 Å². The lowest BCUT2D eigenvalue weighted by Gasteiger charge is -2.20. The van der Waals surface area contributed by atoms with E-state index in [4.69, 9.17) is 10.9 Å². The van der Waals surface area contributed by atoms with E-state index >= 15 is 0 Å². The maximum absolute atomic E-state index is 13.0. The molecule has 1 aromatic heterocycles. The molecule has 0 saturated carbocycles. The molecule has 0 fully saturated rings. The fourth-order valence-corrected chi connectivity index (χ4v) is 2.71. The number of nitrogens with two attached hydrogens (primary N) is 1. The summed E-state index contributed by atoms with van der Waals surface area (Å²) in [4.78, 5) is 3.13. The maximum atomic E-state index is 13.0. The summed E-state index contributed by atoms with van der Waals surface area (Å²) in [5.74, 6) is -1.30. The van der Waals surface area contributed by atoms with E-state index in [9.17, 15) is 12.8 Å². The van der Waals surface area contributed by atoms with Crippen LogP contribution < -0.4 is 10.5 Å². The van der Waals surface area contributed by atoms with Gasteiger partial charge in [-0.25, -0.2) is 17.5 Å². The first-order chi connectivity index (χ1) is 8.77. The fraction of sp³-hybridized carbons (Fsp3) is 0.400. The first-order valence-electron chi connectivity index (χ1n) is 5.38. The number of nitrogens with one attached hydrogen (secondary N) is 1. The van der Waals surface area contributed by atoms with Crippen LogP contribution >= 0.6 is 0 Å². The summed E-state index contributed by atoms with van der Waals surface area (Å²) in [6.07, 6.45) is 1.90. The zero-order valence-corrected chi connectivity index (χ0v) is 11.2. The summed E-state index contributed by atoms with van der Waals surface area (Å²) in [7, 11) is -4.01. The van der Waals surface area contributed by atoms with Gasteiger partial charge in [0, 0.05) is 6.20 Å². The lowest BCUT2D eigenvalue weighted by molar-refractivity contribution is 0.313. The molecule has 106 valence electrons. The number of oxime groups is 1. The summed E-state index contributed by atoms with van der Waals surface area (Å²) < 4.78 is 39.2. The van der Waals surface area contributed by atoms with Gasteiger partial charge in [0.1, 0.15) is 10.7 Å². The molecule has 1 rings (SSSR count). The Morgan fingerprint density at radius 3 is 2.63 bits per heavy atom. The fourth-order valence-electron chi connectivity index (χ4n) is 1.37. The van der Waals surface area contributed by atoms with Crippen molar-refractivity contribution in [1.29, 1.82) is 0 Å². The minimum absolute atomic E-state index is 0.257. The second kappa shape index (κ2) is 5.93. The van der Waals surface area contributed by atoms with E-state index in [1.807, 2.05) is 0 Å². The van der Waals surface area contributed by atoms with Gasteiger partial charge in [0.2, 0.25) is 10.0 Å². The number of nitrogens with zero attached hydrogens (tertiary/aromatic N) is 2. The second-order valence-corrected chi connectivity index (χ2v) is 5.92. The van der Waals surface area contributed by atoms with Crippen molar-refractivity contribution in [1.82, 2.24) is 9.71 Å². The topological polar surface area (TPSA) is 118 Å². The Bertz CT molecular complexity index is 574. The van der Waals surface area contributed by atoms with Gasteiger partial charge in [-0.3, -0.25) is 4.98 Å². The first kappa shape index (κ1) is 15.3. The number of rotatable bonds is 5. The summed E-state index contributed by atoms with van der Waals surface area (Å²) >= 11 is 0. The Balaban J connectivity index is 3.08. The molecule has 7 nitrogen and oxygen atoms in total. The molecule has 4 N–H and O–H groups in total. The molecule has 1 unspecified atom stereocenters. The van der Waals surface area contributed by atoms with Gasteiger partial charge >= 0.3 is 0 Å². The monoisotopic (exact) mass is 290 g/mol. The quantitative estimate of drug-likeness (QED) is 0.311. The number of hydrogen-bond acceptors (Lipinski definition) is 5. The highest BCUT2D eigenvalue weighted by molar-refractivity contribution is 7.89. The molecule has 0 aliphatic heterocycles. The molecule has 0 aromatic carbocycles. The highest BCUT2D eigenvalue weighted by Gasteiger charge is 2.26. The van der Waals surface area contributed by atoms with Crippen molar-refractivity contribution in [2.75, 3.05) is 0 Å². The third-order valence-electron chi connectivity index (χ3n) is 2.37. The van der Waals surface area contributed by atoms with E-state index in [0.29, 0.717) is 0 Å². The molecule has 9 heteroatoms. The van der Waals surface area contributed by atoms with Gasteiger partial charge in [0.25, 0.3) is 0 Å². The van der Waals surface area contributed by atoms with Gasteiger partial charge in [-0.15, -0.1) is 0 Å². The molecular weight excluding hydrogens is 275 g/mol. The normalized spacial score (nSPS) is 14.6. The number of amidine groups is 1. The second-order valence-electron chi connectivity index (χ2n) is 4.21. The predicted octanol–water partition coefficient (Wildman–Crippen LogP) is 0.270. The minimum Gasteiger partial charge on any atom is -0.409 e. The molecule has 0 bridgehead atoms. The summed E-state index contributed by atoms with van der Waals surface area (Å²) in [5.41, 5.74) is 5.42. The van der Waals surface area contributed by atoms with Gasteiger partial charge in [-0.2, -0.15) is 0 Å². The minimum atomic E-state index is -4.01. The molecule has 0 spiro atoms. The highest BCUT2D eigenvalue weighted by atomic mass is 32.2. The lowest BCUT2D eigenvalue weighted by Crippen LogP contribution is -2.47. The first-order valence-corrected chi connectivity index (χ1v) is 6.86. The third-order valence-corrected chi connectivity index (χ3v) is 3.78. The van der Waals surface area contributed by atoms with E-state index in [1.54, 1.807) is 13.8 Å². The lowest BCUT2D eigenvalue weighted by atomic mass is 10.1. The number of pyridine rings is 1. The zero-order chi connectivity index (χ0) is 14.6. The summed E-state index contributed by atoms with van der Waals surface area (Å²) in [6.45, 7) is 3.38. The Hall–Kier alpha value is -1.74. The van der Waals surface area contributed by atoms with Crippen molar-refractivity contribution in [3.05, 3.63) is 24.3 Å².